The lowest BCUT2D eigenvalue weighted by molar-refractivity contribution is 0.895. The Hall–Kier alpha value is -0.320. The number of halogens is 2. The topological polar surface area (TPSA) is 67.6 Å². The first kappa shape index (κ1) is 13.3. The maximum atomic E-state index is 5.35. The molecule has 0 fully saturated rings. The second-order valence-corrected chi connectivity index (χ2v) is 1.77. The molecular formula is C5H12Cl2N4. The van der Waals surface area contributed by atoms with Gasteiger partial charge in [-0.15, -0.1) is 24.8 Å². The van der Waals surface area contributed by atoms with Crippen molar-refractivity contribution in [2.75, 3.05) is 0 Å². The first-order valence-corrected chi connectivity index (χ1v) is 2.97. The van der Waals surface area contributed by atoms with Gasteiger partial charge in [-0.3, -0.25) is 0 Å². The van der Waals surface area contributed by atoms with Crippen LogP contribution in [-0.2, 0) is 13.0 Å². The van der Waals surface area contributed by atoms with E-state index in [9.17, 15) is 0 Å². The van der Waals surface area contributed by atoms with Gasteiger partial charge in [0.2, 0.25) is 0 Å². The molecule has 0 saturated carbocycles. The number of hydrogen-bond donors (Lipinski definition) is 2. The summed E-state index contributed by atoms with van der Waals surface area (Å²) in [6, 6.07) is 0. The third-order valence-corrected chi connectivity index (χ3v) is 1.23. The molecule has 1 aromatic rings. The zero-order chi connectivity index (χ0) is 6.69. The van der Waals surface area contributed by atoms with Gasteiger partial charge in [-0.2, -0.15) is 15.4 Å². The number of aromatic amines is 1. The minimum atomic E-state index is 0. The molecule has 0 aliphatic rings. The van der Waals surface area contributed by atoms with Gasteiger partial charge in [0.25, 0.3) is 0 Å². The number of aryl methyl sites for hydroxylation is 1. The van der Waals surface area contributed by atoms with E-state index in [4.69, 9.17) is 5.73 Å². The molecule has 0 atom stereocenters. The van der Waals surface area contributed by atoms with Crippen molar-refractivity contribution in [3.8, 4) is 0 Å². The van der Waals surface area contributed by atoms with Crippen LogP contribution in [0, 0.1) is 0 Å². The molecule has 1 aromatic heterocycles. The van der Waals surface area contributed by atoms with Gasteiger partial charge in [0.1, 0.15) is 0 Å². The summed E-state index contributed by atoms with van der Waals surface area (Å²) in [7, 11) is 0. The van der Waals surface area contributed by atoms with E-state index in [0.717, 1.165) is 17.8 Å². The lowest BCUT2D eigenvalue weighted by Crippen LogP contribution is -1.99. The lowest BCUT2D eigenvalue weighted by atomic mass is 10.3. The molecule has 11 heavy (non-hydrogen) atoms. The summed E-state index contributed by atoms with van der Waals surface area (Å²) in [5.74, 6) is 0. The zero-order valence-corrected chi connectivity index (χ0v) is 7.84. The fraction of sp³-hybridized carbons (Fsp3) is 0.600. The molecule has 3 N–H and O–H groups in total. The van der Waals surface area contributed by atoms with E-state index in [-0.39, 0.29) is 24.8 Å². The van der Waals surface area contributed by atoms with Crippen molar-refractivity contribution in [2.24, 2.45) is 5.73 Å². The highest BCUT2D eigenvalue weighted by Gasteiger charge is 2.00. The van der Waals surface area contributed by atoms with Crippen molar-refractivity contribution in [1.82, 2.24) is 15.4 Å². The molecule has 0 bridgehead atoms. The maximum absolute atomic E-state index is 5.35. The van der Waals surface area contributed by atoms with Crippen LogP contribution in [0.15, 0.2) is 0 Å². The van der Waals surface area contributed by atoms with Crippen LogP contribution in [0.1, 0.15) is 18.3 Å². The van der Waals surface area contributed by atoms with Gasteiger partial charge < -0.3 is 5.73 Å². The van der Waals surface area contributed by atoms with Crippen molar-refractivity contribution in [3.63, 3.8) is 0 Å². The molecule has 1 heterocycles. The van der Waals surface area contributed by atoms with Gasteiger partial charge in [-0.25, -0.2) is 0 Å². The van der Waals surface area contributed by atoms with Gasteiger partial charge in [-0.1, -0.05) is 6.92 Å². The van der Waals surface area contributed by atoms with E-state index in [1.54, 1.807) is 0 Å². The average Bonchev–Trinajstić information content (AvgIpc) is 2.33. The number of nitrogens with zero attached hydrogens (tertiary/aromatic N) is 2. The second kappa shape index (κ2) is 6.39. The molecule has 66 valence electrons. The number of aromatic nitrogens is 3. The second-order valence-electron chi connectivity index (χ2n) is 1.77. The predicted molar refractivity (Wildman–Crippen MR) is 48.1 cm³/mol. The first-order valence-electron chi connectivity index (χ1n) is 2.97. The van der Waals surface area contributed by atoms with E-state index >= 15 is 0 Å². The Morgan fingerprint density at radius 1 is 1.27 bits per heavy atom. The van der Waals surface area contributed by atoms with E-state index < -0.39 is 0 Å². The Morgan fingerprint density at radius 2 is 1.82 bits per heavy atom. The molecule has 0 aromatic carbocycles. The third kappa shape index (κ3) is 3.05. The fourth-order valence-electron chi connectivity index (χ4n) is 0.721. The summed E-state index contributed by atoms with van der Waals surface area (Å²) < 4.78 is 0. The van der Waals surface area contributed by atoms with Crippen molar-refractivity contribution in [2.45, 2.75) is 19.9 Å². The Labute approximate surface area is 77.8 Å². The summed E-state index contributed by atoms with van der Waals surface area (Å²) in [6.45, 7) is 2.50. The minimum absolute atomic E-state index is 0. The van der Waals surface area contributed by atoms with E-state index in [1.807, 2.05) is 6.92 Å². The van der Waals surface area contributed by atoms with Crippen LogP contribution >= 0.6 is 24.8 Å². The number of hydrogen-bond acceptors (Lipinski definition) is 3. The van der Waals surface area contributed by atoms with E-state index in [1.165, 1.54) is 0 Å². The summed E-state index contributed by atoms with van der Waals surface area (Å²) in [5, 5.41) is 10.3. The molecule has 0 aliphatic heterocycles. The quantitative estimate of drug-likeness (QED) is 0.735. The number of H-pyrrole nitrogens is 1. The average molecular weight is 199 g/mol. The summed E-state index contributed by atoms with van der Waals surface area (Å²) in [5.41, 5.74) is 7.19. The highest BCUT2D eigenvalue weighted by molar-refractivity contribution is 5.85. The van der Waals surface area contributed by atoms with Crippen LogP contribution in [-0.4, -0.2) is 15.4 Å². The number of rotatable bonds is 2. The van der Waals surface area contributed by atoms with Gasteiger partial charge in [0, 0.05) is 6.54 Å². The first-order chi connectivity index (χ1) is 4.38. The predicted octanol–water partition coefficient (Wildman–Crippen LogP) is 0.669. The zero-order valence-electron chi connectivity index (χ0n) is 6.20. The van der Waals surface area contributed by atoms with E-state index in [2.05, 4.69) is 15.4 Å². The monoisotopic (exact) mass is 198 g/mol. The summed E-state index contributed by atoms with van der Waals surface area (Å²) in [4.78, 5) is 0. The SMILES string of the molecule is CCc1n[nH]nc1CN.Cl.Cl. The van der Waals surface area contributed by atoms with Crippen molar-refractivity contribution in [3.05, 3.63) is 11.4 Å². The van der Waals surface area contributed by atoms with Crippen LogP contribution < -0.4 is 5.73 Å². The Bertz CT molecular complexity index is 170. The standard InChI is InChI=1S/C5H10N4.2ClH/c1-2-4-5(3-6)8-9-7-4;;/h2-3,6H2,1H3,(H,7,8,9);2*1H. The molecule has 4 nitrogen and oxygen atoms in total. The van der Waals surface area contributed by atoms with Crippen LogP contribution in [0.2, 0.25) is 0 Å². The van der Waals surface area contributed by atoms with Gasteiger partial charge >= 0.3 is 0 Å². The normalized spacial score (nSPS) is 8.18. The molecule has 6 heteroatoms. The highest BCUT2D eigenvalue weighted by atomic mass is 35.5. The Morgan fingerprint density at radius 3 is 2.18 bits per heavy atom. The van der Waals surface area contributed by atoms with Crippen LogP contribution in [0.5, 0.6) is 0 Å². The largest absolute Gasteiger partial charge is 0.325 e. The van der Waals surface area contributed by atoms with Crippen LogP contribution in [0.3, 0.4) is 0 Å². The molecule has 0 spiro atoms. The third-order valence-electron chi connectivity index (χ3n) is 1.23. The molecule has 0 radical (unpaired) electrons. The number of nitrogens with two attached hydrogens (primary N) is 1. The molecule has 0 amide bonds. The fourth-order valence-corrected chi connectivity index (χ4v) is 0.721. The highest BCUT2D eigenvalue weighted by Crippen LogP contribution is 1.98. The van der Waals surface area contributed by atoms with Gasteiger partial charge in [0.15, 0.2) is 0 Å². The van der Waals surface area contributed by atoms with Crippen LogP contribution in [0.25, 0.3) is 0 Å². The smallest absolute Gasteiger partial charge is 0.0992 e. The molecule has 1 rings (SSSR count). The Balaban J connectivity index is 0. The molecule has 0 unspecified atom stereocenters. The lowest BCUT2D eigenvalue weighted by Gasteiger charge is -1.88. The van der Waals surface area contributed by atoms with Crippen molar-refractivity contribution >= 4 is 24.8 Å². The molecule has 0 saturated heterocycles. The van der Waals surface area contributed by atoms with Gasteiger partial charge in [-0.05, 0) is 6.42 Å². The summed E-state index contributed by atoms with van der Waals surface area (Å²) in [6.07, 6.45) is 0.892. The summed E-state index contributed by atoms with van der Waals surface area (Å²) >= 11 is 0. The van der Waals surface area contributed by atoms with Crippen molar-refractivity contribution < 1.29 is 0 Å². The van der Waals surface area contributed by atoms with Crippen molar-refractivity contribution in [1.29, 1.82) is 0 Å². The Kier molecular flexibility index (Phi) is 7.72. The van der Waals surface area contributed by atoms with E-state index in [0.29, 0.717) is 6.54 Å². The number of nitrogens with one attached hydrogen (secondary N) is 1. The minimum Gasteiger partial charge on any atom is -0.325 e. The van der Waals surface area contributed by atoms with Crippen LogP contribution in [0.4, 0.5) is 0 Å². The molecule has 0 aliphatic carbocycles. The maximum Gasteiger partial charge on any atom is 0.0992 e. The van der Waals surface area contributed by atoms with Gasteiger partial charge in [0.05, 0.1) is 11.4 Å². The molecular weight excluding hydrogens is 187 g/mol.